The van der Waals surface area contributed by atoms with Gasteiger partial charge in [-0.05, 0) is 42.7 Å². The molecule has 25 heavy (non-hydrogen) atoms. The van der Waals surface area contributed by atoms with Crippen molar-refractivity contribution in [1.29, 1.82) is 0 Å². The van der Waals surface area contributed by atoms with Crippen LogP contribution in [-0.2, 0) is 0 Å². The molecule has 1 aliphatic rings. The maximum Gasteiger partial charge on any atom is 0.387 e. The topological polar surface area (TPSA) is 34.5 Å². The summed E-state index contributed by atoms with van der Waals surface area (Å²) in [4.78, 5) is 8.71. The number of allylic oxidation sites excluding steroid dienone is 1. The highest BCUT2D eigenvalue weighted by atomic mass is 35.5. The van der Waals surface area contributed by atoms with E-state index >= 15 is 0 Å². The maximum absolute atomic E-state index is 12.5. The van der Waals surface area contributed by atoms with Crippen LogP contribution in [0.2, 0.25) is 0 Å². The van der Waals surface area contributed by atoms with E-state index in [2.05, 4.69) is 14.7 Å². The highest BCUT2D eigenvalue weighted by molar-refractivity contribution is 6.15. The van der Waals surface area contributed by atoms with Gasteiger partial charge >= 0.3 is 6.61 Å². The molecule has 0 aliphatic carbocycles. The third-order valence-corrected chi connectivity index (χ3v) is 3.58. The lowest BCUT2D eigenvalue weighted by atomic mass is 9.94. The summed E-state index contributed by atoms with van der Waals surface area (Å²) in [5, 5.41) is 0. The van der Waals surface area contributed by atoms with E-state index in [0.717, 1.165) is 36.2 Å². The molecule has 1 aliphatic heterocycles. The molecule has 3 nitrogen and oxygen atoms in total. The van der Waals surface area contributed by atoms with Crippen LogP contribution < -0.4 is 4.74 Å². The molecule has 0 unspecified atom stereocenters. The van der Waals surface area contributed by atoms with E-state index in [1.54, 1.807) is 36.7 Å². The van der Waals surface area contributed by atoms with Crippen molar-refractivity contribution in [1.82, 2.24) is 4.98 Å². The molecule has 0 saturated carbocycles. The Morgan fingerprint density at radius 3 is 2.60 bits per heavy atom. The maximum atomic E-state index is 12.5. The summed E-state index contributed by atoms with van der Waals surface area (Å²) >= 11 is 0. The molecule has 0 amide bonds. The predicted octanol–water partition coefficient (Wildman–Crippen LogP) is 5.19. The number of alkyl halides is 2. The second-order valence-electron chi connectivity index (χ2n) is 5.16. The average Bonchev–Trinajstić information content (AvgIpc) is 2.57. The Labute approximate surface area is 157 Å². The van der Waals surface area contributed by atoms with Gasteiger partial charge in [-0.3, -0.25) is 9.98 Å². The molecular formula is C18H18Cl2F2N2O. The van der Waals surface area contributed by atoms with Crippen molar-refractivity contribution in [3.05, 3.63) is 65.5 Å². The number of pyridine rings is 1. The van der Waals surface area contributed by atoms with Gasteiger partial charge in [-0.1, -0.05) is 18.2 Å². The van der Waals surface area contributed by atoms with Gasteiger partial charge in [-0.15, -0.1) is 24.8 Å². The van der Waals surface area contributed by atoms with Crippen LogP contribution >= 0.6 is 24.8 Å². The van der Waals surface area contributed by atoms with E-state index in [4.69, 9.17) is 0 Å². The lowest BCUT2D eigenvalue weighted by molar-refractivity contribution is -0.0499. The SMILES string of the molecule is Cl.Cl.FC(F)Oc1ccccc1/C=C1\CCCN=C1c1cccnc1. The van der Waals surface area contributed by atoms with Crippen molar-refractivity contribution in [3.8, 4) is 5.75 Å². The zero-order valence-corrected chi connectivity index (χ0v) is 14.9. The molecule has 0 saturated heterocycles. The molecule has 0 bridgehead atoms. The Hall–Kier alpha value is -1.98. The van der Waals surface area contributed by atoms with Crippen LogP contribution in [-0.4, -0.2) is 23.9 Å². The summed E-state index contributed by atoms with van der Waals surface area (Å²) in [6.45, 7) is -2.08. The zero-order chi connectivity index (χ0) is 16.1. The molecule has 0 radical (unpaired) electrons. The summed E-state index contributed by atoms with van der Waals surface area (Å²) in [6, 6.07) is 10.6. The first-order chi connectivity index (χ1) is 11.2. The molecule has 2 aromatic rings. The molecule has 0 N–H and O–H groups in total. The van der Waals surface area contributed by atoms with Gasteiger partial charge in [-0.2, -0.15) is 8.78 Å². The van der Waals surface area contributed by atoms with E-state index in [0.29, 0.717) is 5.56 Å². The average molecular weight is 387 g/mol. The van der Waals surface area contributed by atoms with E-state index < -0.39 is 6.61 Å². The van der Waals surface area contributed by atoms with Crippen molar-refractivity contribution in [2.75, 3.05) is 6.54 Å². The Morgan fingerprint density at radius 1 is 1.08 bits per heavy atom. The van der Waals surface area contributed by atoms with Gasteiger partial charge in [0.05, 0.1) is 5.71 Å². The Bertz CT molecular complexity index is 737. The second kappa shape index (κ2) is 10.1. The lowest BCUT2D eigenvalue weighted by Gasteiger charge is -2.17. The van der Waals surface area contributed by atoms with Crippen LogP contribution in [0.5, 0.6) is 5.75 Å². The minimum Gasteiger partial charge on any atom is -0.434 e. The number of hydrogen-bond donors (Lipinski definition) is 0. The van der Waals surface area contributed by atoms with Gasteiger partial charge in [0.15, 0.2) is 0 Å². The van der Waals surface area contributed by atoms with Crippen molar-refractivity contribution >= 4 is 36.6 Å². The largest absolute Gasteiger partial charge is 0.434 e. The molecule has 1 aromatic carbocycles. The molecule has 0 atom stereocenters. The van der Waals surface area contributed by atoms with Crippen LogP contribution in [0.1, 0.15) is 24.0 Å². The van der Waals surface area contributed by atoms with Gasteiger partial charge in [-0.25, -0.2) is 0 Å². The number of aromatic nitrogens is 1. The molecule has 0 fully saturated rings. The van der Waals surface area contributed by atoms with E-state index in [1.165, 1.54) is 0 Å². The third-order valence-electron chi connectivity index (χ3n) is 3.58. The van der Waals surface area contributed by atoms with Crippen LogP contribution in [0.3, 0.4) is 0 Å². The van der Waals surface area contributed by atoms with Gasteiger partial charge in [0.1, 0.15) is 5.75 Å². The first kappa shape index (κ1) is 21.1. The molecule has 1 aromatic heterocycles. The second-order valence-corrected chi connectivity index (χ2v) is 5.16. The molecule has 2 heterocycles. The van der Waals surface area contributed by atoms with E-state index in [-0.39, 0.29) is 30.6 Å². The summed E-state index contributed by atoms with van der Waals surface area (Å²) in [7, 11) is 0. The predicted molar refractivity (Wildman–Crippen MR) is 100 cm³/mol. The number of aliphatic imine (C=N–C) groups is 1. The summed E-state index contributed by atoms with van der Waals surface area (Å²) < 4.78 is 29.7. The summed E-state index contributed by atoms with van der Waals surface area (Å²) in [5.41, 5.74) is 3.44. The van der Waals surface area contributed by atoms with Crippen LogP contribution in [0.4, 0.5) is 8.78 Å². The molecule has 7 heteroatoms. The molecule has 3 rings (SSSR count). The minimum absolute atomic E-state index is 0. The highest BCUT2D eigenvalue weighted by Crippen LogP contribution is 2.27. The lowest BCUT2D eigenvalue weighted by Crippen LogP contribution is -2.12. The van der Waals surface area contributed by atoms with Gasteiger partial charge in [0.25, 0.3) is 0 Å². The number of para-hydroxylation sites is 1. The number of hydrogen-bond acceptors (Lipinski definition) is 3. The minimum atomic E-state index is -2.84. The van der Waals surface area contributed by atoms with Crippen LogP contribution in [0, 0.1) is 0 Å². The number of nitrogens with zero attached hydrogens (tertiary/aromatic N) is 2. The van der Waals surface area contributed by atoms with Gasteiger partial charge in [0, 0.05) is 30.1 Å². The molecule has 134 valence electrons. The summed E-state index contributed by atoms with van der Waals surface area (Å²) in [6.07, 6.45) is 7.13. The quantitative estimate of drug-likeness (QED) is 0.723. The Balaban J connectivity index is 0.00000156. The normalized spacial score (nSPS) is 15.2. The first-order valence-electron chi connectivity index (χ1n) is 7.43. The van der Waals surface area contributed by atoms with Crippen molar-refractivity contribution in [3.63, 3.8) is 0 Å². The molecular weight excluding hydrogens is 369 g/mol. The third kappa shape index (κ3) is 5.51. The number of rotatable bonds is 4. The smallest absolute Gasteiger partial charge is 0.387 e. The van der Waals surface area contributed by atoms with Crippen molar-refractivity contribution in [2.45, 2.75) is 19.5 Å². The Kier molecular flexibility index (Phi) is 8.52. The first-order valence-corrected chi connectivity index (χ1v) is 7.43. The number of halogens is 4. The van der Waals surface area contributed by atoms with Gasteiger partial charge in [0.2, 0.25) is 0 Å². The monoisotopic (exact) mass is 386 g/mol. The van der Waals surface area contributed by atoms with Crippen LogP contribution in [0.25, 0.3) is 6.08 Å². The highest BCUT2D eigenvalue weighted by Gasteiger charge is 2.15. The zero-order valence-electron chi connectivity index (χ0n) is 13.3. The number of ether oxygens (including phenoxy) is 1. The van der Waals surface area contributed by atoms with Crippen molar-refractivity contribution in [2.24, 2.45) is 4.99 Å². The van der Waals surface area contributed by atoms with E-state index in [9.17, 15) is 8.78 Å². The fourth-order valence-corrected chi connectivity index (χ4v) is 2.59. The van der Waals surface area contributed by atoms with E-state index in [1.807, 2.05) is 18.2 Å². The Morgan fingerprint density at radius 2 is 1.88 bits per heavy atom. The van der Waals surface area contributed by atoms with Crippen LogP contribution in [0.15, 0.2) is 59.4 Å². The van der Waals surface area contributed by atoms with Crippen molar-refractivity contribution < 1.29 is 13.5 Å². The molecule has 0 spiro atoms. The fraction of sp³-hybridized carbons (Fsp3) is 0.222. The summed E-state index contributed by atoms with van der Waals surface area (Å²) in [5.74, 6) is 0.172. The standard InChI is InChI=1S/C18H16F2N2O.2ClH/c19-18(20)23-16-8-2-1-5-13(16)11-14-6-4-10-22-17(14)15-7-3-9-21-12-15;;/h1-3,5,7-9,11-12,18H,4,6,10H2;2*1H/b14-11+;;. The van der Waals surface area contributed by atoms with Gasteiger partial charge < -0.3 is 4.74 Å². The fourth-order valence-electron chi connectivity index (χ4n) is 2.59. The number of benzene rings is 1.